The van der Waals surface area contributed by atoms with E-state index >= 15 is 0 Å². The normalized spacial score (nSPS) is 10.3. The Morgan fingerprint density at radius 1 is 1.25 bits per heavy atom. The summed E-state index contributed by atoms with van der Waals surface area (Å²) in [6, 6.07) is 9.82. The summed E-state index contributed by atoms with van der Waals surface area (Å²) in [7, 11) is 0. The monoisotopic (exact) mass is 215 g/mol. The molecule has 0 amide bonds. The van der Waals surface area contributed by atoms with Crippen LogP contribution in [0.1, 0.15) is 21.5 Å². The van der Waals surface area contributed by atoms with Crippen LogP contribution in [-0.4, -0.2) is 15.6 Å². The summed E-state index contributed by atoms with van der Waals surface area (Å²) in [5, 5.41) is 8.79. The second-order valence-electron chi connectivity index (χ2n) is 3.86. The number of benzene rings is 1. The first-order chi connectivity index (χ1) is 7.65. The highest BCUT2D eigenvalue weighted by Crippen LogP contribution is 2.08. The van der Waals surface area contributed by atoms with E-state index < -0.39 is 5.97 Å². The lowest BCUT2D eigenvalue weighted by Crippen LogP contribution is -1.98. The number of carbonyl (C=O) groups is 1. The molecule has 1 aromatic carbocycles. The molecule has 0 unspecified atom stereocenters. The summed E-state index contributed by atoms with van der Waals surface area (Å²) in [6.07, 6.45) is 3.42. The zero-order valence-electron chi connectivity index (χ0n) is 9.05. The summed E-state index contributed by atoms with van der Waals surface area (Å²) in [4.78, 5) is 10.7. The predicted molar refractivity (Wildman–Crippen MR) is 61.7 cm³/mol. The van der Waals surface area contributed by atoms with Crippen LogP contribution in [-0.2, 0) is 6.54 Å². The molecule has 0 saturated heterocycles. The quantitative estimate of drug-likeness (QED) is 0.854. The molecule has 3 nitrogen and oxygen atoms in total. The fourth-order valence-electron chi connectivity index (χ4n) is 1.57. The first-order valence-corrected chi connectivity index (χ1v) is 5.10. The molecule has 2 aromatic rings. The van der Waals surface area contributed by atoms with Crippen molar-refractivity contribution in [2.45, 2.75) is 13.5 Å². The lowest BCUT2D eigenvalue weighted by atomic mass is 10.1. The number of hydrogen-bond acceptors (Lipinski definition) is 1. The van der Waals surface area contributed by atoms with E-state index in [0.29, 0.717) is 12.1 Å². The molecule has 1 aromatic heterocycles. The number of carboxylic acids is 1. The van der Waals surface area contributed by atoms with E-state index in [1.54, 1.807) is 18.5 Å². The van der Waals surface area contributed by atoms with E-state index in [-0.39, 0.29) is 0 Å². The lowest BCUT2D eigenvalue weighted by Gasteiger charge is -2.03. The SMILES string of the molecule is Cc1ccc(Cn2ccc(C(=O)O)c2)cc1. The molecule has 16 heavy (non-hydrogen) atoms. The molecule has 0 saturated carbocycles. The number of rotatable bonds is 3. The minimum atomic E-state index is -0.886. The first-order valence-electron chi connectivity index (χ1n) is 5.10. The third-order valence-electron chi connectivity index (χ3n) is 2.48. The van der Waals surface area contributed by atoms with Crippen LogP contribution >= 0.6 is 0 Å². The van der Waals surface area contributed by atoms with Crippen molar-refractivity contribution in [3.63, 3.8) is 0 Å². The number of hydrogen-bond donors (Lipinski definition) is 1. The summed E-state index contributed by atoms with van der Waals surface area (Å²) >= 11 is 0. The van der Waals surface area contributed by atoms with E-state index in [9.17, 15) is 4.79 Å². The smallest absolute Gasteiger partial charge is 0.337 e. The second kappa shape index (κ2) is 4.23. The van der Waals surface area contributed by atoms with Crippen molar-refractivity contribution in [3.8, 4) is 0 Å². The van der Waals surface area contributed by atoms with Gasteiger partial charge in [0.15, 0.2) is 0 Å². The van der Waals surface area contributed by atoms with Crippen molar-refractivity contribution >= 4 is 5.97 Å². The molecular formula is C13H13NO2. The fraction of sp³-hybridized carbons (Fsp3) is 0.154. The highest BCUT2D eigenvalue weighted by molar-refractivity contribution is 5.87. The molecule has 0 aliphatic carbocycles. The zero-order chi connectivity index (χ0) is 11.5. The van der Waals surface area contributed by atoms with Gasteiger partial charge in [-0.1, -0.05) is 29.8 Å². The molecule has 0 atom stereocenters. The van der Waals surface area contributed by atoms with E-state index in [4.69, 9.17) is 5.11 Å². The molecule has 0 fully saturated rings. The number of aromatic carboxylic acids is 1. The minimum Gasteiger partial charge on any atom is -0.478 e. The van der Waals surface area contributed by atoms with Crippen molar-refractivity contribution in [1.29, 1.82) is 0 Å². The third kappa shape index (κ3) is 2.31. The van der Waals surface area contributed by atoms with Gasteiger partial charge in [-0.25, -0.2) is 4.79 Å². The van der Waals surface area contributed by atoms with E-state index in [0.717, 1.165) is 5.56 Å². The molecule has 1 heterocycles. The van der Waals surface area contributed by atoms with Crippen LogP contribution in [0.4, 0.5) is 0 Å². The second-order valence-corrected chi connectivity index (χ2v) is 3.86. The Morgan fingerprint density at radius 2 is 1.94 bits per heavy atom. The Labute approximate surface area is 94.0 Å². The average molecular weight is 215 g/mol. The lowest BCUT2D eigenvalue weighted by molar-refractivity contribution is 0.0697. The molecule has 0 aliphatic rings. The standard InChI is InChI=1S/C13H13NO2/c1-10-2-4-11(5-3-10)8-14-7-6-12(9-14)13(15)16/h2-7,9H,8H2,1H3,(H,15,16). The molecular weight excluding hydrogens is 202 g/mol. The molecule has 2 rings (SSSR count). The van der Waals surface area contributed by atoms with Crippen LogP contribution in [0.25, 0.3) is 0 Å². The first kappa shape index (κ1) is 10.5. The highest BCUT2D eigenvalue weighted by atomic mass is 16.4. The van der Waals surface area contributed by atoms with Crippen molar-refractivity contribution in [2.24, 2.45) is 0 Å². The van der Waals surface area contributed by atoms with Gasteiger partial charge in [0.25, 0.3) is 0 Å². The zero-order valence-corrected chi connectivity index (χ0v) is 9.05. The van der Waals surface area contributed by atoms with Crippen molar-refractivity contribution in [3.05, 3.63) is 59.4 Å². The van der Waals surface area contributed by atoms with Gasteiger partial charge in [0, 0.05) is 18.9 Å². The van der Waals surface area contributed by atoms with E-state index in [1.165, 1.54) is 5.56 Å². The van der Waals surface area contributed by atoms with Crippen LogP contribution in [0.15, 0.2) is 42.7 Å². The Kier molecular flexibility index (Phi) is 2.77. The van der Waals surface area contributed by atoms with Gasteiger partial charge in [-0.3, -0.25) is 0 Å². The van der Waals surface area contributed by atoms with Gasteiger partial charge in [0.1, 0.15) is 0 Å². The fourth-order valence-corrected chi connectivity index (χ4v) is 1.57. The molecule has 82 valence electrons. The average Bonchev–Trinajstić information content (AvgIpc) is 2.70. The van der Waals surface area contributed by atoms with Crippen LogP contribution < -0.4 is 0 Å². The van der Waals surface area contributed by atoms with Crippen LogP contribution in [0, 0.1) is 6.92 Å². The number of carboxylic acid groups (broad SMARTS) is 1. The molecule has 1 N–H and O–H groups in total. The Bertz CT molecular complexity index is 497. The summed E-state index contributed by atoms with van der Waals surface area (Å²) in [6.45, 7) is 2.75. The van der Waals surface area contributed by atoms with Gasteiger partial charge in [0.05, 0.1) is 5.56 Å². The topological polar surface area (TPSA) is 42.2 Å². The number of aryl methyl sites for hydroxylation is 1. The number of aromatic nitrogens is 1. The Morgan fingerprint density at radius 3 is 2.50 bits per heavy atom. The predicted octanol–water partition coefficient (Wildman–Crippen LogP) is 2.54. The maximum absolute atomic E-state index is 10.7. The highest BCUT2D eigenvalue weighted by Gasteiger charge is 2.04. The van der Waals surface area contributed by atoms with Gasteiger partial charge in [0.2, 0.25) is 0 Å². The Hall–Kier alpha value is -2.03. The summed E-state index contributed by atoms with van der Waals surface area (Å²) in [5.41, 5.74) is 2.72. The molecule has 3 heteroatoms. The van der Waals surface area contributed by atoms with Crippen LogP contribution in [0.5, 0.6) is 0 Å². The summed E-state index contributed by atoms with van der Waals surface area (Å²) < 4.78 is 1.87. The van der Waals surface area contributed by atoms with E-state index in [2.05, 4.69) is 24.3 Å². The third-order valence-corrected chi connectivity index (χ3v) is 2.48. The maximum Gasteiger partial charge on any atom is 0.337 e. The Balaban J connectivity index is 2.14. The van der Waals surface area contributed by atoms with Crippen molar-refractivity contribution < 1.29 is 9.90 Å². The van der Waals surface area contributed by atoms with Crippen LogP contribution in [0.2, 0.25) is 0 Å². The maximum atomic E-state index is 10.7. The minimum absolute atomic E-state index is 0.326. The van der Waals surface area contributed by atoms with Gasteiger partial charge in [-0.05, 0) is 18.6 Å². The van der Waals surface area contributed by atoms with Gasteiger partial charge in [-0.2, -0.15) is 0 Å². The van der Waals surface area contributed by atoms with Gasteiger partial charge < -0.3 is 9.67 Å². The molecule has 0 bridgehead atoms. The van der Waals surface area contributed by atoms with Crippen LogP contribution in [0.3, 0.4) is 0 Å². The summed E-state index contributed by atoms with van der Waals surface area (Å²) in [5.74, 6) is -0.886. The van der Waals surface area contributed by atoms with Crippen molar-refractivity contribution in [2.75, 3.05) is 0 Å². The largest absolute Gasteiger partial charge is 0.478 e. The molecule has 0 radical (unpaired) electrons. The van der Waals surface area contributed by atoms with Gasteiger partial charge in [-0.15, -0.1) is 0 Å². The van der Waals surface area contributed by atoms with Crippen molar-refractivity contribution in [1.82, 2.24) is 4.57 Å². The van der Waals surface area contributed by atoms with E-state index in [1.807, 2.05) is 11.5 Å². The molecule has 0 spiro atoms. The molecule has 0 aliphatic heterocycles. The van der Waals surface area contributed by atoms with Gasteiger partial charge >= 0.3 is 5.97 Å². The number of nitrogens with zero attached hydrogens (tertiary/aromatic N) is 1.